The van der Waals surface area contributed by atoms with Crippen molar-refractivity contribution in [1.82, 2.24) is 9.55 Å². The zero-order valence-electron chi connectivity index (χ0n) is 37.0. The van der Waals surface area contributed by atoms with Gasteiger partial charge in [-0.25, -0.2) is 0 Å². The van der Waals surface area contributed by atoms with E-state index in [-0.39, 0.29) is 28.0 Å². The van der Waals surface area contributed by atoms with Crippen LogP contribution in [0.4, 0.5) is 5.69 Å². The van der Waals surface area contributed by atoms with Crippen LogP contribution in [0, 0.1) is 10.1 Å². The van der Waals surface area contributed by atoms with E-state index in [1.165, 1.54) is 55.3 Å². The van der Waals surface area contributed by atoms with E-state index in [0.29, 0.717) is 49.0 Å². The van der Waals surface area contributed by atoms with Gasteiger partial charge in [-0.2, -0.15) is 0 Å². The highest BCUT2D eigenvalue weighted by Crippen LogP contribution is 2.39. The number of aromatic amines is 1. The van der Waals surface area contributed by atoms with Crippen molar-refractivity contribution in [1.29, 1.82) is 0 Å². The lowest BCUT2D eigenvalue weighted by Gasteiger charge is -2.08. The Morgan fingerprint density at radius 2 is 1.01 bits per heavy atom. The third-order valence-electron chi connectivity index (χ3n) is 13.6. The Balaban J connectivity index is 0.000000106. The maximum absolute atomic E-state index is 12.0. The summed E-state index contributed by atoms with van der Waals surface area (Å²) in [5, 5.41) is 16.2. The first-order valence-electron chi connectivity index (χ1n) is 22.9. The molecular weight excluding hydrogens is 903 g/mol. The van der Waals surface area contributed by atoms with Gasteiger partial charge in [-0.05, 0) is 108 Å². The lowest BCUT2D eigenvalue weighted by atomic mass is 9.96. The third kappa shape index (κ3) is 7.89. The summed E-state index contributed by atoms with van der Waals surface area (Å²) in [5.41, 5.74) is 14.4. The lowest BCUT2D eigenvalue weighted by molar-refractivity contribution is -0.384. The number of nitro groups is 1. The molecule has 7 aromatic carbocycles. The van der Waals surface area contributed by atoms with Gasteiger partial charge < -0.3 is 9.55 Å². The number of benzene rings is 7. The zero-order valence-corrected chi connectivity index (χ0v) is 38.6. The normalized spacial score (nSPS) is 14.3. The molecule has 0 fully saturated rings. The molecule has 0 amide bonds. The number of aromatic nitrogens is 2. The summed E-state index contributed by atoms with van der Waals surface area (Å²) in [6.45, 7) is 3.23. The van der Waals surface area contributed by atoms with E-state index in [9.17, 15) is 29.3 Å². The van der Waals surface area contributed by atoms with E-state index in [1.807, 2.05) is 54.6 Å². The molecule has 13 rings (SSSR count). The van der Waals surface area contributed by atoms with E-state index in [4.69, 9.17) is 0 Å². The Labute approximate surface area is 395 Å². The predicted octanol–water partition coefficient (Wildman–Crippen LogP) is 13.8. The van der Waals surface area contributed by atoms with Crippen LogP contribution in [0.2, 0.25) is 0 Å². The zero-order chi connectivity index (χ0) is 46.3. The van der Waals surface area contributed by atoms with Crippen molar-refractivity contribution in [2.24, 2.45) is 0 Å². The van der Waals surface area contributed by atoms with Gasteiger partial charge in [0.05, 0.1) is 10.5 Å². The first-order chi connectivity index (χ1) is 32.6. The second kappa shape index (κ2) is 18.2. The quantitative estimate of drug-likeness (QED) is 0.138. The smallest absolute Gasteiger partial charge is 0.277 e. The Morgan fingerprint density at radius 1 is 0.493 bits per heavy atom. The highest BCUT2D eigenvalue weighted by atomic mass is 79.9. The number of carbonyl (C=O) groups is 4. The van der Waals surface area contributed by atoms with Crippen LogP contribution in [0.25, 0.3) is 54.7 Å². The monoisotopic (exact) mass is 947 g/mol. The van der Waals surface area contributed by atoms with Gasteiger partial charge in [-0.3, -0.25) is 29.3 Å². The van der Waals surface area contributed by atoms with Gasteiger partial charge in [0.1, 0.15) is 0 Å². The fourth-order valence-electron chi connectivity index (χ4n) is 10.5. The molecule has 1 N–H and O–H groups in total. The molecule has 0 unspecified atom stereocenters. The Bertz CT molecular complexity index is 3520. The first-order valence-corrected chi connectivity index (χ1v) is 23.7. The molecular formula is C57H46BrN3O6. The van der Waals surface area contributed by atoms with Gasteiger partial charge in [-0.1, -0.05) is 102 Å². The number of nitro benzene ring substituents is 1. The standard InChI is InChI=1S/C18H17NO.C15H11NO3.C15H11NO.C9H7BrO/c1-2-11-19-15-6-4-3-5-14(15)18-13-8-10-17(20)12(13)7-9-16(18)19;17-15-9-8-11-10(5-3-6-13(11)15)12-4-1-2-7-14(12)16(18)19;17-14-8-6-10-9(14)5-7-13-15(10)11-3-1-2-4-12(11)16-13;10-8-3-1-2-7-6(8)4-5-9(7)11/h3-7,9H,2,8,10-11H2,1H3;1-7H,8-9H2;1-5,7,16H,6,8H2;1-3H,4-5H2. The highest BCUT2D eigenvalue weighted by Gasteiger charge is 2.27. The van der Waals surface area contributed by atoms with Gasteiger partial charge in [0.15, 0.2) is 23.1 Å². The minimum atomic E-state index is -0.383. The largest absolute Gasteiger partial charge is 0.355 e. The van der Waals surface area contributed by atoms with Crippen LogP contribution >= 0.6 is 15.9 Å². The number of hydrogen-bond donors (Lipinski definition) is 1. The average Bonchev–Trinajstić information content (AvgIpc) is 4.22. The summed E-state index contributed by atoms with van der Waals surface area (Å²) in [5.74, 6) is 0.984. The number of fused-ring (bicyclic) bond motifs is 12. The highest BCUT2D eigenvalue weighted by molar-refractivity contribution is 9.10. The van der Waals surface area contributed by atoms with Crippen molar-refractivity contribution in [3.8, 4) is 11.1 Å². The summed E-state index contributed by atoms with van der Waals surface area (Å²) in [7, 11) is 0. The molecule has 0 radical (unpaired) electrons. The molecule has 10 heteroatoms. The van der Waals surface area contributed by atoms with Crippen molar-refractivity contribution in [3.05, 3.63) is 193 Å². The van der Waals surface area contributed by atoms with E-state index >= 15 is 0 Å². The van der Waals surface area contributed by atoms with Crippen LogP contribution in [-0.2, 0) is 32.2 Å². The maximum atomic E-state index is 12.0. The number of H-pyrrole nitrogens is 1. The second-order valence-electron chi connectivity index (χ2n) is 17.4. The van der Waals surface area contributed by atoms with Gasteiger partial charge >= 0.3 is 0 Å². The third-order valence-corrected chi connectivity index (χ3v) is 14.3. The predicted molar refractivity (Wildman–Crippen MR) is 269 cm³/mol. The minimum absolute atomic E-state index is 0.0789. The molecule has 0 aliphatic heterocycles. The minimum Gasteiger partial charge on any atom is -0.355 e. The molecule has 2 heterocycles. The van der Waals surface area contributed by atoms with Crippen LogP contribution < -0.4 is 0 Å². The summed E-state index contributed by atoms with van der Waals surface area (Å²) >= 11 is 3.42. The molecule has 0 saturated heterocycles. The number of para-hydroxylation sites is 3. The number of aryl methyl sites for hydroxylation is 3. The van der Waals surface area contributed by atoms with Gasteiger partial charge in [0, 0.05) is 109 Å². The van der Waals surface area contributed by atoms with Gasteiger partial charge in [0.2, 0.25) is 0 Å². The number of nitrogens with zero attached hydrogens (tertiary/aromatic N) is 2. The molecule has 4 aliphatic rings. The van der Waals surface area contributed by atoms with Crippen LogP contribution in [0.5, 0.6) is 0 Å². The maximum Gasteiger partial charge on any atom is 0.277 e. The number of ketones is 4. The SMILES string of the molecule is CCCn1c2ccccc2c2c3c(ccc21)C(=O)CC3.O=C1CCc2c(Br)cccc21.O=C1CCc2c1ccc1[nH]c3ccccc3c21.O=C1CCc2c1cccc2-c1ccccc1[N+](=O)[O-]. The number of Topliss-reactive ketones (excluding diaryl/α,β-unsaturated/α-hetero) is 4. The molecule has 0 atom stereocenters. The first kappa shape index (κ1) is 43.6. The molecule has 0 saturated carbocycles. The fourth-order valence-corrected chi connectivity index (χ4v) is 11.1. The van der Waals surface area contributed by atoms with Crippen LogP contribution in [0.3, 0.4) is 0 Å². The molecule has 332 valence electrons. The topological polar surface area (TPSA) is 132 Å². The van der Waals surface area contributed by atoms with E-state index in [2.05, 4.69) is 74.9 Å². The molecule has 67 heavy (non-hydrogen) atoms. The average molecular weight is 949 g/mol. The molecule has 4 aliphatic carbocycles. The van der Waals surface area contributed by atoms with Crippen molar-refractivity contribution in [2.75, 3.05) is 0 Å². The molecule has 9 aromatic rings. The molecule has 0 spiro atoms. The number of rotatable bonds is 4. The second-order valence-corrected chi connectivity index (χ2v) is 18.3. The van der Waals surface area contributed by atoms with Gasteiger partial charge in [-0.15, -0.1) is 0 Å². The van der Waals surface area contributed by atoms with Crippen molar-refractivity contribution < 1.29 is 24.1 Å². The Kier molecular flexibility index (Phi) is 11.8. The summed E-state index contributed by atoms with van der Waals surface area (Å²) < 4.78 is 3.47. The Morgan fingerprint density at radius 3 is 1.70 bits per heavy atom. The van der Waals surface area contributed by atoms with Crippen LogP contribution in [0.15, 0.2) is 138 Å². The van der Waals surface area contributed by atoms with Gasteiger partial charge in [0.25, 0.3) is 5.69 Å². The summed E-state index contributed by atoms with van der Waals surface area (Å²) in [4.78, 5) is 60.8. The number of hydrogen-bond acceptors (Lipinski definition) is 6. The number of halogens is 1. The van der Waals surface area contributed by atoms with E-state index < -0.39 is 0 Å². The summed E-state index contributed by atoms with van der Waals surface area (Å²) in [6, 6.07) is 42.9. The molecule has 0 bridgehead atoms. The Hall–Kier alpha value is -7.30. The fraction of sp³-hybridized carbons (Fsp3) is 0.193. The molecule has 9 nitrogen and oxygen atoms in total. The summed E-state index contributed by atoms with van der Waals surface area (Å²) in [6.07, 6.45) is 6.95. The van der Waals surface area contributed by atoms with E-state index in [0.717, 1.165) is 75.6 Å². The number of carbonyl (C=O) groups excluding carboxylic acids is 4. The van der Waals surface area contributed by atoms with Crippen LogP contribution in [-0.4, -0.2) is 37.6 Å². The van der Waals surface area contributed by atoms with Crippen molar-refractivity contribution in [2.45, 2.75) is 71.3 Å². The van der Waals surface area contributed by atoms with Crippen molar-refractivity contribution >= 4 is 88.4 Å². The van der Waals surface area contributed by atoms with Crippen molar-refractivity contribution in [3.63, 3.8) is 0 Å². The van der Waals surface area contributed by atoms with E-state index in [1.54, 1.807) is 30.3 Å². The lowest BCUT2D eigenvalue weighted by Crippen LogP contribution is -1.96. The van der Waals surface area contributed by atoms with Crippen LogP contribution in [0.1, 0.15) is 103 Å². The number of nitrogens with one attached hydrogen (secondary N) is 1. The molecule has 2 aromatic heterocycles.